The van der Waals surface area contributed by atoms with Crippen molar-refractivity contribution in [1.29, 1.82) is 0 Å². The molecule has 0 aliphatic rings. The molecule has 0 radical (unpaired) electrons. The second-order valence-corrected chi connectivity index (χ2v) is 7.41. The number of carbonyl (C=O) groups excluding carboxylic acids is 2. The number of phenolic OH excluding ortho intramolecular Hbond substituents is 1. The maximum atomic E-state index is 11.9. The lowest BCUT2D eigenvalue weighted by atomic mass is 10.0. The second kappa shape index (κ2) is 12.1. The Balaban J connectivity index is 1.30. The lowest BCUT2D eigenvalue weighted by Gasteiger charge is -2.06. The summed E-state index contributed by atoms with van der Waals surface area (Å²) in [4.78, 5) is 23.8. The molecule has 0 bridgehead atoms. The minimum Gasteiger partial charge on any atom is -0.506 e. The molecule has 0 unspecified atom stereocenters. The molecule has 32 heavy (non-hydrogen) atoms. The quantitative estimate of drug-likeness (QED) is 0.181. The maximum absolute atomic E-state index is 11.9. The zero-order chi connectivity index (χ0) is 22.6. The Morgan fingerprint density at radius 2 is 1.38 bits per heavy atom. The van der Waals surface area contributed by atoms with Gasteiger partial charge in [-0.2, -0.15) is 5.10 Å². The minimum absolute atomic E-state index is 0.0465. The van der Waals surface area contributed by atoms with E-state index < -0.39 is 0 Å². The van der Waals surface area contributed by atoms with E-state index in [0.29, 0.717) is 31.4 Å². The fourth-order valence-corrected chi connectivity index (χ4v) is 3.17. The van der Waals surface area contributed by atoms with Gasteiger partial charge in [0.2, 0.25) is 11.8 Å². The molecule has 3 N–H and O–H groups in total. The summed E-state index contributed by atoms with van der Waals surface area (Å²) < 4.78 is 0. The number of hydrogen-bond acceptors (Lipinski definition) is 4. The Morgan fingerprint density at radius 3 is 2.09 bits per heavy atom. The first-order valence-corrected chi connectivity index (χ1v) is 10.7. The van der Waals surface area contributed by atoms with E-state index in [9.17, 15) is 14.7 Å². The van der Waals surface area contributed by atoms with Crippen LogP contribution in [-0.4, -0.2) is 23.1 Å². The molecule has 0 aliphatic heterocycles. The smallest absolute Gasteiger partial charge is 0.240 e. The number of para-hydroxylation sites is 2. The maximum Gasteiger partial charge on any atom is 0.240 e. The van der Waals surface area contributed by atoms with Gasteiger partial charge in [-0.1, -0.05) is 73.2 Å². The topological polar surface area (TPSA) is 90.8 Å². The van der Waals surface area contributed by atoms with Crippen molar-refractivity contribution in [1.82, 2.24) is 5.43 Å². The number of unbranched alkanes of at least 4 members (excludes halogenated alkanes) is 2. The zero-order valence-corrected chi connectivity index (χ0v) is 17.8. The van der Waals surface area contributed by atoms with Gasteiger partial charge in [0.05, 0.1) is 11.9 Å². The molecule has 0 saturated carbocycles. The highest BCUT2D eigenvalue weighted by Gasteiger charge is 2.06. The van der Waals surface area contributed by atoms with Gasteiger partial charge in [0.1, 0.15) is 5.75 Å². The predicted molar refractivity (Wildman–Crippen MR) is 127 cm³/mol. The van der Waals surface area contributed by atoms with E-state index in [0.717, 1.165) is 23.1 Å². The fourth-order valence-electron chi connectivity index (χ4n) is 3.17. The summed E-state index contributed by atoms with van der Waals surface area (Å²) in [7, 11) is 0. The van der Waals surface area contributed by atoms with Crippen LogP contribution in [0, 0.1) is 0 Å². The predicted octanol–water partition coefficient (Wildman–Crippen LogP) is 5.10. The van der Waals surface area contributed by atoms with E-state index >= 15 is 0 Å². The summed E-state index contributed by atoms with van der Waals surface area (Å²) in [5, 5.41) is 16.4. The number of amides is 2. The largest absolute Gasteiger partial charge is 0.506 e. The van der Waals surface area contributed by atoms with E-state index in [-0.39, 0.29) is 17.6 Å². The van der Waals surface area contributed by atoms with Gasteiger partial charge in [-0.3, -0.25) is 9.59 Å². The van der Waals surface area contributed by atoms with Gasteiger partial charge in [-0.05, 0) is 41.7 Å². The van der Waals surface area contributed by atoms with E-state index in [4.69, 9.17) is 0 Å². The highest BCUT2D eigenvalue weighted by Crippen LogP contribution is 2.22. The van der Waals surface area contributed by atoms with E-state index in [1.165, 1.54) is 6.07 Å². The van der Waals surface area contributed by atoms with Crippen LogP contribution >= 0.6 is 0 Å². The lowest BCUT2D eigenvalue weighted by molar-refractivity contribution is -0.121. The number of hydrazone groups is 1. The van der Waals surface area contributed by atoms with Crippen LogP contribution in [0.15, 0.2) is 84.0 Å². The molecule has 6 nitrogen and oxygen atoms in total. The Bertz CT molecular complexity index is 1050. The number of carbonyl (C=O) groups is 2. The molecule has 3 aromatic rings. The third-order valence-corrected chi connectivity index (χ3v) is 4.91. The third kappa shape index (κ3) is 7.40. The highest BCUT2D eigenvalue weighted by molar-refractivity contribution is 5.92. The summed E-state index contributed by atoms with van der Waals surface area (Å²) in [5.74, 6) is -0.259. The average Bonchev–Trinajstić information content (AvgIpc) is 2.81. The first-order valence-electron chi connectivity index (χ1n) is 10.7. The van der Waals surface area contributed by atoms with Crippen LogP contribution in [0.2, 0.25) is 0 Å². The van der Waals surface area contributed by atoms with Crippen molar-refractivity contribution in [3.05, 3.63) is 84.4 Å². The van der Waals surface area contributed by atoms with E-state index in [1.54, 1.807) is 24.4 Å². The number of anilines is 1. The molecule has 3 rings (SSSR count). The molecule has 0 aliphatic carbocycles. The Morgan fingerprint density at radius 1 is 0.750 bits per heavy atom. The van der Waals surface area contributed by atoms with E-state index in [2.05, 4.69) is 28.0 Å². The van der Waals surface area contributed by atoms with Crippen LogP contribution in [-0.2, 0) is 9.59 Å². The number of nitrogens with zero attached hydrogens (tertiary/aromatic N) is 1. The van der Waals surface area contributed by atoms with Crippen molar-refractivity contribution < 1.29 is 14.7 Å². The minimum atomic E-state index is -0.154. The molecule has 0 aromatic heterocycles. The highest BCUT2D eigenvalue weighted by atomic mass is 16.3. The molecule has 0 heterocycles. The van der Waals surface area contributed by atoms with Gasteiger partial charge >= 0.3 is 0 Å². The number of aromatic hydroxyl groups is 1. The monoisotopic (exact) mass is 429 g/mol. The van der Waals surface area contributed by atoms with Gasteiger partial charge in [0.25, 0.3) is 0 Å². The molecule has 3 aromatic carbocycles. The standard InChI is InChI=1S/C26H27N3O3/c30-24-12-8-7-11-23(24)28-25(31)13-5-2-6-14-26(32)29-27-19-20-15-17-22(18-16-20)21-9-3-1-4-10-21/h1,3-4,7-12,15-19,30H,2,5-6,13-14H2,(H,28,31)(H,29,32). The SMILES string of the molecule is O=C(CCCCCC(=O)Nc1ccccc1O)NN=Cc1ccc(-c2ccccc2)cc1. The van der Waals surface area contributed by atoms with Gasteiger partial charge in [0, 0.05) is 12.8 Å². The fraction of sp³-hybridized carbons (Fsp3) is 0.192. The molecule has 164 valence electrons. The number of benzene rings is 3. The first kappa shape index (κ1) is 22.7. The second-order valence-electron chi connectivity index (χ2n) is 7.41. The van der Waals surface area contributed by atoms with Crippen molar-refractivity contribution >= 4 is 23.7 Å². The Hall–Kier alpha value is -3.93. The van der Waals surface area contributed by atoms with Gasteiger partial charge in [-0.25, -0.2) is 5.43 Å². The first-order chi connectivity index (χ1) is 15.6. The molecule has 2 amide bonds. The summed E-state index contributed by atoms with van der Waals surface area (Å²) in [6.45, 7) is 0. The van der Waals surface area contributed by atoms with Crippen molar-refractivity contribution in [3.8, 4) is 16.9 Å². The number of rotatable bonds is 10. The molecule has 0 atom stereocenters. The molecule has 0 spiro atoms. The Labute approximate surface area is 188 Å². The van der Waals surface area contributed by atoms with Gasteiger partial charge < -0.3 is 10.4 Å². The van der Waals surface area contributed by atoms with Crippen LogP contribution < -0.4 is 10.7 Å². The molecule has 0 saturated heterocycles. The van der Waals surface area contributed by atoms with Crippen LogP contribution in [0.4, 0.5) is 5.69 Å². The van der Waals surface area contributed by atoms with Crippen molar-refractivity contribution in [3.63, 3.8) is 0 Å². The Kier molecular flexibility index (Phi) is 8.57. The summed E-state index contributed by atoms with van der Waals surface area (Å²) >= 11 is 0. The van der Waals surface area contributed by atoms with Crippen LogP contribution in [0.1, 0.15) is 37.7 Å². The summed E-state index contributed by atoms with van der Waals surface area (Å²) in [6.07, 6.45) is 4.42. The molecular weight excluding hydrogens is 402 g/mol. The van der Waals surface area contributed by atoms with Crippen LogP contribution in [0.3, 0.4) is 0 Å². The van der Waals surface area contributed by atoms with Crippen molar-refractivity contribution in [2.75, 3.05) is 5.32 Å². The summed E-state index contributed by atoms with van der Waals surface area (Å²) in [6, 6.07) is 24.7. The summed E-state index contributed by atoms with van der Waals surface area (Å²) in [5.41, 5.74) is 6.13. The third-order valence-electron chi connectivity index (χ3n) is 4.91. The van der Waals surface area contributed by atoms with E-state index in [1.807, 2.05) is 42.5 Å². The van der Waals surface area contributed by atoms with Gasteiger partial charge in [-0.15, -0.1) is 0 Å². The normalized spacial score (nSPS) is 10.8. The number of nitrogens with one attached hydrogen (secondary N) is 2. The van der Waals surface area contributed by atoms with Gasteiger partial charge in [0.15, 0.2) is 0 Å². The number of phenols is 1. The number of hydrogen-bond donors (Lipinski definition) is 3. The van der Waals surface area contributed by atoms with Crippen molar-refractivity contribution in [2.45, 2.75) is 32.1 Å². The van der Waals surface area contributed by atoms with Crippen LogP contribution in [0.5, 0.6) is 5.75 Å². The average molecular weight is 430 g/mol. The molecule has 6 heteroatoms. The lowest BCUT2D eigenvalue weighted by Crippen LogP contribution is -2.17. The van der Waals surface area contributed by atoms with Crippen molar-refractivity contribution in [2.24, 2.45) is 5.10 Å². The zero-order valence-electron chi connectivity index (χ0n) is 17.8. The molecule has 0 fully saturated rings. The van der Waals surface area contributed by atoms with Crippen LogP contribution in [0.25, 0.3) is 11.1 Å². The molecular formula is C26H27N3O3.